The predicted molar refractivity (Wildman–Crippen MR) is 76.4 cm³/mol. The summed E-state index contributed by atoms with van der Waals surface area (Å²) in [7, 11) is 0. The van der Waals surface area contributed by atoms with Gasteiger partial charge in [0, 0.05) is 12.4 Å². The van der Waals surface area contributed by atoms with Gasteiger partial charge >= 0.3 is 0 Å². The van der Waals surface area contributed by atoms with Crippen molar-refractivity contribution in [1.29, 1.82) is 0 Å². The minimum atomic E-state index is 0.176. The Hall–Kier alpha value is -0.910. The summed E-state index contributed by atoms with van der Waals surface area (Å²) in [4.78, 5) is 7.18. The summed E-state index contributed by atoms with van der Waals surface area (Å²) in [5.41, 5.74) is 0. The molecular weight excluding hydrogens is 256 g/mol. The molecular formula is C15H26N2O3. The molecule has 1 fully saturated rings. The average molecular weight is 282 g/mol. The van der Waals surface area contributed by atoms with E-state index in [-0.39, 0.29) is 18.3 Å². The van der Waals surface area contributed by atoms with Gasteiger partial charge in [-0.05, 0) is 40.0 Å². The third kappa shape index (κ3) is 5.23. The molecule has 0 aromatic carbocycles. The van der Waals surface area contributed by atoms with Crippen molar-refractivity contribution in [2.24, 2.45) is 0 Å². The van der Waals surface area contributed by atoms with Gasteiger partial charge in [0.25, 0.3) is 0 Å². The maximum absolute atomic E-state index is 5.99. The van der Waals surface area contributed by atoms with Crippen LogP contribution in [0, 0.1) is 0 Å². The van der Waals surface area contributed by atoms with Crippen molar-refractivity contribution in [2.45, 2.75) is 71.1 Å². The fourth-order valence-electron chi connectivity index (χ4n) is 2.41. The van der Waals surface area contributed by atoms with E-state index in [9.17, 15) is 0 Å². The van der Waals surface area contributed by atoms with Crippen LogP contribution in [0.4, 0.5) is 0 Å². The molecule has 3 atom stereocenters. The first kappa shape index (κ1) is 15.5. The van der Waals surface area contributed by atoms with E-state index in [2.05, 4.69) is 30.7 Å². The number of imidazole rings is 1. The molecule has 1 aromatic heterocycles. The maximum Gasteiger partial charge on any atom is 0.132 e. The second kappa shape index (κ2) is 7.76. The van der Waals surface area contributed by atoms with Crippen molar-refractivity contribution in [2.75, 3.05) is 6.61 Å². The molecule has 0 amide bonds. The first-order valence-corrected chi connectivity index (χ1v) is 7.50. The second-order valence-corrected chi connectivity index (χ2v) is 5.73. The first-order valence-electron chi connectivity index (χ1n) is 7.50. The van der Waals surface area contributed by atoms with Crippen LogP contribution >= 0.6 is 0 Å². The van der Waals surface area contributed by atoms with Crippen molar-refractivity contribution >= 4 is 0 Å². The fraction of sp³-hybridized carbons (Fsp3) is 0.800. The van der Waals surface area contributed by atoms with Crippen LogP contribution in [0.3, 0.4) is 0 Å². The lowest BCUT2D eigenvalue weighted by Gasteiger charge is -2.18. The molecule has 2 heterocycles. The molecule has 1 saturated heterocycles. The molecule has 0 aliphatic carbocycles. The van der Waals surface area contributed by atoms with Crippen molar-refractivity contribution in [3.63, 3.8) is 0 Å². The Bertz CT molecular complexity index is 367. The smallest absolute Gasteiger partial charge is 0.132 e. The zero-order chi connectivity index (χ0) is 14.4. The molecule has 0 spiro atoms. The third-order valence-corrected chi connectivity index (χ3v) is 3.47. The minimum absolute atomic E-state index is 0.176. The van der Waals surface area contributed by atoms with Gasteiger partial charge in [-0.2, -0.15) is 0 Å². The van der Waals surface area contributed by atoms with E-state index in [0.717, 1.165) is 25.1 Å². The number of aromatic nitrogens is 2. The number of aromatic amines is 1. The topological polar surface area (TPSA) is 56.4 Å². The largest absolute Gasteiger partial charge is 0.376 e. The molecule has 2 rings (SSSR count). The van der Waals surface area contributed by atoms with Crippen LogP contribution in [0.5, 0.6) is 0 Å². The monoisotopic (exact) mass is 282 g/mol. The number of H-pyrrole nitrogens is 1. The Morgan fingerprint density at radius 1 is 1.30 bits per heavy atom. The van der Waals surface area contributed by atoms with E-state index in [4.69, 9.17) is 14.2 Å². The van der Waals surface area contributed by atoms with Gasteiger partial charge in [-0.15, -0.1) is 0 Å². The second-order valence-electron chi connectivity index (χ2n) is 5.73. The van der Waals surface area contributed by atoms with Crippen LogP contribution in [-0.2, 0) is 20.8 Å². The first-order chi connectivity index (χ1) is 9.63. The Kier molecular flexibility index (Phi) is 6.01. The van der Waals surface area contributed by atoms with E-state index < -0.39 is 0 Å². The van der Waals surface area contributed by atoms with Crippen LogP contribution in [-0.4, -0.2) is 41.0 Å². The molecule has 5 nitrogen and oxygen atoms in total. The molecule has 0 saturated carbocycles. The number of nitrogens with zero attached hydrogens (tertiary/aromatic N) is 1. The Balaban J connectivity index is 1.61. The fourth-order valence-corrected chi connectivity index (χ4v) is 2.41. The van der Waals surface area contributed by atoms with Gasteiger partial charge in [0.15, 0.2) is 0 Å². The van der Waals surface area contributed by atoms with Gasteiger partial charge in [-0.1, -0.05) is 0 Å². The van der Waals surface area contributed by atoms with Crippen LogP contribution in [0.15, 0.2) is 12.4 Å². The van der Waals surface area contributed by atoms with Crippen LogP contribution in [0.2, 0.25) is 0 Å². The summed E-state index contributed by atoms with van der Waals surface area (Å²) in [6, 6.07) is 0. The molecule has 1 N–H and O–H groups in total. The summed E-state index contributed by atoms with van der Waals surface area (Å²) >= 11 is 0. The van der Waals surface area contributed by atoms with Crippen molar-refractivity contribution in [3.8, 4) is 0 Å². The van der Waals surface area contributed by atoms with Gasteiger partial charge < -0.3 is 19.2 Å². The summed E-state index contributed by atoms with van der Waals surface area (Å²) < 4.78 is 17.4. The molecule has 1 aliphatic rings. The molecule has 20 heavy (non-hydrogen) atoms. The van der Waals surface area contributed by atoms with E-state index in [1.807, 2.05) is 6.20 Å². The number of ether oxygens (including phenoxy) is 3. The van der Waals surface area contributed by atoms with Crippen molar-refractivity contribution in [3.05, 3.63) is 18.2 Å². The quantitative estimate of drug-likeness (QED) is 0.796. The predicted octanol–water partition coefficient (Wildman–Crippen LogP) is 2.68. The third-order valence-electron chi connectivity index (χ3n) is 3.47. The van der Waals surface area contributed by atoms with Crippen LogP contribution in [0.1, 0.15) is 45.9 Å². The van der Waals surface area contributed by atoms with Gasteiger partial charge in [0.1, 0.15) is 12.4 Å². The highest BCUT2D eigenvalue weighted by Gasteiger charge is 2.27. The maximum atomic E-state index is 5.99. The van der Waals surface area contributed by atoms with Crippen molar-refractivity contribution < 1.29 is 14.2 Å². The molecule has 114 valence electrons. The highest BCUT2D eigenvalue weighted by atomic mass is 16.5. The zero-order valence-corrected chi connectivity index (χ0v) is 12.7. The standard InChI is InChI=1S/C15H26N2O3/c1-11(2)18-9-14-5-4-13(20-14)8-12(3)19-10-15-16-6-7-17-15/h6-7,11-14H,4-5,8-10H2,1-3H3,(H,16,17). The summed E-state index contributed by atoms with van der Waals surface area (Å²) in [6.07, 6.45) is 7.65. The minimum Gasteiger partial charge on any atom is -0.376 e. The van der Waals surface area contributed by atoms with Crippen molar-refractivity contribution in [1.82, 2.24) is 9.97 Å². The summed E-state index contributed by atoms with van der Waals surface area (Å²) in [5.74, 6) is 0.868. The molecule has 5 heteroatoms. The van der Waals surface area contributed by atoms with Crippen LogP contribution in [0.25, 0.3) is 0 Å². The van der Waals surface area contributed by atoms with Gasteiger partial charge in [-0.25, -0.2) is 4.98 Å². The lowest BCUT2D eigenvalue weighted by Crippen LogP contribution is -2.22. The van der Waals surface area contributed by atoms with E-state index in [0.29, 0.717) is 19.3 Å². The Labute approximate surface area is 121 Å². The molecule has 3 unspecified atom stereocenters. The number of nitrogens with one attached hydrogen (secondary N) is 1. The van der Waals surface area contributed by atoms with E-state index in [1.54, 1.807) is 6.20 Å². The Morgan fingerprint density at radius 3 is 2.80 bits per heavy atom. The van der Waals surface area contributed by atoms with Gasteiger partial charge in [-0.3, -0.25) is 0 Å². The molecule has 1 aromatic rings. The number of hydrogen-bond donors (Lipinski definition) is 1. The Morgan fingerprint density at radius 2 is 2.10 bits per heavy atom. The van der Waals surface area contributed by atoms with Gasteiger partial charge in [0.05, 0.1) is 31.0 Å². The highest BCUT2D eigenvalue weighted by molar-refractivity contribution is 4.84. The normalized spacial score (nSPS) is 24.4. The zero-order valence-electron chi connectivity index (χ0n) is 12.7. The average Bonchev–Trinajstić information content (AvgIpc) is 3.05. The molecule has 0 bridgehead atoms. The van der Waals surface area contributed by atoms with E-state index in [1.165, 1.54) is 0 Å². The SMILES string of the molecule is CC(C)OCC1CCC(CC(C)OCc2ncc[nH]2)O1. The highest BCUT2D eigenvalue weighted by Crippen LogP contribution is 2.24. The number of rotatable bonds is 8. The molecule has 0 radical (unpaired) electrons. The molecule has 1 aliphatic heterocycles. The lowest BCUT2D eigenvalue weighted by molar-refractivity contribution is -0.0519. The van der Waals surface area contributed by atoms with E-state index >= 15 is 0 Å². The summed E-state index contributed by atoms with van der Waals surface area (Å²) in [6.45, 7) is 7.43. The lowest BCUT2D eigenvalue weighted by atomic mass is 10.1. The van der Waals surface area contributed by atoms with Gasteiger partial charge in [0.2, 0.25) is 0 Å². The van der Waals surface area contributed by atoms with Crippen LogP contribution < -0.4 is 0 Å². The summed E-state index contributed by atoms with van der Waals surface area (Å²) in [5, 5.41) is 0. The number of hydrogen-bond acceptors (Lipinski definition) is 4.